The van der Waals surface area contributed by atoms with Crippen molar-refractivity contribution in [2.75, 3.05) is 5.32 Å². The lowest BCUT2D eigenvalue weighted by Gasteiger charge is -2.17. The molecular formula is C13H14Cl2FN3. The highest BCUT2D eigenvalue weighted by atomic mass is 35.5. The molecule has 3 nitrogen and oxygen atoms in total. The molecule has 19 heavy (non-hydrogen) atoms. The van der Waals surface area contributed by atoms with E-state index in [0.717, 1.165) is 17.1 Å². The smallest absolute Gasteiger partial charge is 0.142 e. The normalized spacial score (nSPS) is 12.5. The van der Waals surface area contributed by atoms with E-state index < -0.39 is 5.82 Å². The summed E-state index contributed by atoms with van der Waals surface area (Å²) in [6, 6.07) is 2.61. The largest absolute Gasteiger partial charge is 0.375 e. The van der Waals surface area contributed by atoms with Crippen LogP contribution in [0.4, 0.5) is 10.1 Å². The second kappa shape index (κ2) is 5.39. The number of halogens is 3. The summed E-state index contributed by atoms with van der Waals surface area (Å²) in [6.07, 6.45) is 0. The van der Waals surface area contributed by atoms with Crippen LogP contribution in [-0.4, -0.2) is 10.2 Å². The first-order valence-electron chi connectivity index (χ1n) is 5.82. The Morgan fingerprint density at radius 2 is 1.95 bits per heavy atom. The van der Waals surface area contributed by atoms with Crippen LogP contribution < -0.4 is 5.32 Å². The van der Waals surface area contributed by atoms with Gasteiger partial charge in [-0.3, -0.25) is 5.10 Å². The predicted molar refractivity (Wildman–Crippen MR) is 76.5 cm³/mol. The van der Waals surface area contributed by atoms with Crippen molar-refractivity contribution >= 4 is 28.9 Å². The van der Waals surface area contributed by atoms with Gasteiger partial charge < -0.3 is 5.32 Å². The second-order valence-corrected chi connectivity index (χ2v) is 5.28. The highest BCUT2D eigenvalue weighted by Gasteiger charge is 2.16. The molecule has 0 spiro atoms. The van der Waals surface area contributed by atoms with E-state index in [9.17, 15) is 4.39 Å². The van der Waals surface area contributed by atoms with Crippen molar-refractivity contribution in [3.8, 4) is 0 Å². The fourth-order valence-corrected chi connectivity index (χ4v) is 2.47. The molecule has 0 saturated heterocycles. The van der Waals surface area contributed by atoms with E-state index in [1.54, 1.807) is 0 Å². The summed E-state index contributed by atoms with van der Waals surface area (Å²) in [7, 11) is 0. The Morgan fingerprint density at radius 3 is 2.53 bits per heavy atom. The average Bonchev–Trinajstić information content (AvgIpc) is 2.65. The van der Waals surface area contributed by atoms with Crippen LogP contribution in [0.3, 0.4) is 0 Å². The number of hydrogen-bond acceptors (Lipinski definition) is 2. The third kappa shape index (κ3) is 2.85. The number of anilines is 1. The third-order valence-electron chi connectivity index (χ3n) is 3.00. The van der Waals surface area contributed by atoms with Crippen molar-refractivity contribution in [2.45, 2.75) is 26.8 Å². The molecule has 0 aliphatic heterocycles. The lowest BCUT2D eigenvalue weighted by atomic mass is 10.1. The molecule has 2 N–H and O–H groups in total. The molecule has 6 heteroatoms. The van der Waals surface area contributed by atoms with Gasteiger partial charge in [-0.05, 0) is 38.5 Å². The number of nitrogens with one attached hydrogen (secondary N) is 2. The first kappa shape index (κ1) is 14.2. The number of hydrogen-bond donors (Lipinski definition) is 2. The van der Waals surface area contributed by atoms with Gasteiger partial charge in [-0.25, -0.2) is 4.39 Å². The van der Waals surface area contributed by atoms with Crippen LogP contribution in [0.1, 0.15) is 29.9 Å². The van der Waals surface area contributed by atoms with Crippen LogP contribution in [0.15, 0.2) is 12.1 Å². The topological polar surface area (TPSA) is 40.7 Å². The first-order valence-corrected chi connectivity index (χ1v) is 6.58. The molecule has 0 bridgehead atoms. The van der Waals surface area contributed by atoms with Gasteiger partial charge in [0.25, 0.3) is 0 Å². The van der Waals surface area contributed by atoms with Gasteiger partial charge in [0.1, 0.15) is 5.82 Å². The molecule has 1 atom stereocenters. The Balaban J connectivity index is 2.30. The fraction of sp³-hybridized carbons (Fsp3) is 0.308. The molecular weight excluding hydrogens is 288 g/mol. The minimum absolute atomic E-state index is 0.0247. The molecule has 0 amide bonds. The summed E-state index contributed by atoms with van der Waals surface area (Å²) in [5.41, 5.74) is 3.34. The molecule has 0 aliphatic carbocycles. The van der Waals surface area contributed by atoms with Crippen molar-refractivity contribution in [3.63, 3.8) is 0 Å². The zero-order valence-electron chi connectivity index (χ0n) is 10.8. The quantitative estimate of drug-likeness (QED) is 0.811. The summed E-state index contributed by atoms with van der Waals surface area (Å²) < 4.78 is 13.5. The lowest BCUT2D eigenvalue weighted by molar-refractivity contribution is 0.624. The number of aryl methyl sites for hydroxylation is 2. The molecule has 2 rings (SSSR count). The van der Waals surface area contributed by atoms with Crippen LogP contribution in [0.2, 0.25) is 10.0 Å². The van der Waals surface area contributed by atoms with Gasteiger partial charge in [0.15, 0.2) is 0 Å². The summed E-state index contributed by atoms with van der Waals surface area (Å²) in [4.78, 5) is 0. The maximum atomic E-state index is 13.5. The number of nitrogens with zero attached hydrogens (tertiary/aromatic N) is 1. The number of aromatic amines is 1. The Kier molecular flexibility index (Phi) is 4.02. The van der Waals surface area contributed by atoms with Crippen LogP contribution in [0.5, 0.6) is 0 Å². The number of rotatable bonds is 3. The van der Waals surface area contributed by atoms with Crippen molar-refractivity contribution < 1.29 is 4.39 Å². The van der Waals surface area contributed by atoms with Gasteiger partial charge in [-0.1, -0.05) is 23.2 Å². The number of benzene rings is 1. The van der Waals surface area contributed by atoms with Gasteiger partial charge in [-0.15, -0.1) is 0 Å². The predicted octanol–water partition coefficient (Wildman–Crippen LogP) is 4.65. The maximum Gasteiger partial charge on any atom is 0.142 e. The average molecular weight is 302 g/mol. The minimum atomic E-state index is -0.477. The Labute approximate surface area is 121 Å². The standard InChI is InChI=1S/C13H14Cl2FN3/c1-6(17-13-7(2)18-19-8(13)3)9-4-12(16)11(15)5-10(9)14/h4-6,17H,1-3H3,(H,18,19). The first-order chi connectivity index (χ1) is 8.90. The molecule has 0 radical (unpaired) electrons. The zero-order chi connectivity index (χ0) is 14.2. The molecule has 0 saturated carbocycles. The second-order valence-electron chi connectivity index (χ2n) is 4.46. The molecule has 0 aliphatic rings. The lowest BCUT2D eigenvalue weighted by Crippen LogP contribution is -2.09. The van der Waals surface area contributed by atoms with E-state index in [4.69, 9.17) is 23.2 Å². The van der Waals surface area contributed by atoms with Gasteiger partial charge in [0.2, 0.25) is 0 Å². The Morgan fingerprint density at radius 1 is 1.26 bits per heavy atom. The van der Waals surface area contributed by atoms with Gasteiger partial charge in [0, 0.05) is 5.02 Å². The SMILES string of the molecule is Cc1n[nH]c(C)c1NC(C)c1cc(F)c(Cl)cc1Cl. The fourth-order valence-electron chi connectivity index (χ4n) is 1.93. The highest BCUT2D eigenvalue weighted by molar-refractivity contribution is 6.35. The molecule has 2 aromatic rings. The van der Waals surface area contributed by atoms with Crippen LogP contribution in [-0.2, 0) is 0 Å². The molecule has 102 valence electrons. The van der Waals surface area contributed by atoms with E-state index in [1.807, 2.05) is 20.8 Å². The van der Waals surface area contributed by atoms with Crippen LogP contribution in [0.25, 0.3) is 0 Å². The highest BCUT2D eigenvalue weighted by Crippen LogP contribution is 2.31. The van der Waals surface area contributed by atoms with E-state index in [2.05, 4.69) is 15.5 Å². The molecule has 0 fully saturated rings. The molecule has 1 aromatic carbocycles. The van der Waals surface area contributed by atoms with Crippen molar-refractivity contribution in [1.82, 2.24) is 10.2 Å². The monoisotopic (exact) mass is 301 g/mol. The van der Waals surface area contributed by atoms with E-state index in [-0.39, 0.29) is 11.1 Å². The van der Waals surface area contributed by atoms with Crippen molar-refractivity contribution in [2.24, 2.45) is 0 Å². The molecule has 1 unspecified atom stereocenters. The zero-order valence-corrected chi connectivity index (χ0v) is 12.3. The minimum Gasteiger partial charge on any atom is -0.375 e. The van der Waals surface area contributed by atoms with Crippen molar-refractivity contribution in [3.05, 3.63) is 44.9 Å². The molecule has 1 aromatic heterocycles. The maximum absolute atomic E-state index is 13.5. The number of H-pyrrole nitrogens is 1. The molecule has 1 heterocycles. The van der Waals surface area contributed by atoms with E-state index in [0.29, 0.717) is 10.6 Å². The van der Waals surface area contributed by atoms with Gasteiger partial charge in [-0.2, -0.15) is 5.10 Å². The van der Waals surface area contributed by atoms with E-state index in [1.165, 1.54) is 12.1 Å². The Bertz CT molecular complexity index is 591. The van der Waals surface area contributed by atoms with Crippen LogP contribution in [0, 0.1) is 19.7 Å². The number of aromatic nitrogens is 2. The Hall–Kier alpha value is -1.26. The van der Waals surface area contributed by atoms with Crippen molar-refractivity contribution in [1.29, 1.82) is 0 Å². The summed E-state index contributed by atoms with van der Waals surface area (Å²) in [5.74, 6) is -0.477. The third-order valence-corrected chi connectivity index (χ3v) is 3.61. The van der Waals surface area contributed by atoms with Gasteiger partial charge in [0.05, 0.1) is 28.1 Å². The summed E-state index contributed by atoms with van der Waals surface area (Å²) >= 11 is 11.8. The summed E-state index contributed by atoms with van der Waals surface area (Å²) in [5, 5.41) is 10.7. The summed E-state index contributed by atoms with van der Waals surface area (Å²) in [6.45, 7) is 5.71. The van der Waals surface area contributed by atoms with E-state index >= 15 is 0 Å². The van der Waals surface area contributed by atoms with Crippen LogP contribution >= 0.6 is 23.2 Å². The van der Waals surface area contributed by atoms with Gasteiger partial charge >= 0.3 is 0 Å².